The summed E-state index contributed by atoms with van der Waals surface area (Å²) in [5.74, 6) is 0. The third-order valence-corrected chi connectivity index (χ3v) is 4.17. The van der Waals surface area contributed by atoms with Crippen molar-refractivity contribution in [3.05, 3.63) is 50.2 Å². The fraction of sp³-hybridized carbons (Fsp3) is 0.400. The van der Waals surface area contributed by atoms with E-state index in [1.54, 1.807) is 0 Å². The summed E-state index contributed by atoms with van der Waals surface area (Å²) in [4.78, 5) is 0. The maximum Gasteiger partial charge on any atom is 0.0596 e. The lowest BCUT2D eigenvalue weighted by atomic mass is 10.0. The highest BCUT2D eigenvalue weighted by Crippen LogP contribution is 2.26. The molecule has 108 valence electrons. The number of nitrogens with zero attached hydrogens (tertiary/aromatic N) is 2. The van der Waals surface area contributed by atoms with Crippen molar-refractivity contribution >= 4 is 31.9 Å². The number of hydrogen-bond acceptors (Lipinski definition) is 2. The van der Waals surface area contributed by atoms with Gasteiger partial charge >= 0.3 is 0 Å². The summed E-state index contributed by atoms with van der Waals surface area (Å²) < 4.78 is 4.14. The highest BCUT2D eigenvalue weighted by atomic mass is 79.9. The van der Waals surface area contributed by atoms with E-state index in [1.165, 1.54) is 11.3 Å². The molecule has 2 aromatic rings. The number of aryl methyl sites for hydroxylation is 2. The second-order valence-electron chi connectivity index (χ2n) is 4.92. The Bertz CT molecular complexity index is 573. The zero-order valence-corrected chi connectivity index (χ0v) is 15.1. The molecule has 0 aliphatic carbocycles. The summed E-state index contributed by atoms with van der Waals surface area (Å²) in [6, 6.07) is 8.82. The summed E-state index contributed by atoms with van der Waals surface area (Å²) in [6.07, 6.45) is 0.925. The van der Waals surface area contributed by atoms with Gasteiger partial charge in [0.05, 0.1) is 5.69 Å². The fourth-order valence-corrected chi connectivity index (χ4v) is 3.72. The number of likely N-dealkylation sites (N-methyl/N-ethyl adjacent to an activating group) is 1. The van der Waals surface area contributed by atoms with E-state index < -0.39 is 0 Å². The molecule has 0 amide bonds. The number of aromatic nitrogens is 2. The van der Waals surface area contributed by atoms with Crippen LogP contribution in [0.5, 0.6) is 0 Å². The summed E-state index contributed by atoms with van der Waals surface area (Å²) in [5.41, 5.74) is 3.57. The van der Waals surface area contributed by atoms with Gasteiger partial charge in [-0.2, -0.15) is 5.10 Å². The number of nitrogens with one attached hydrogen (secondary N) is 1. The smallest absolute Gasteiger partial charge is 0.0596 e. The first-order valence-electron chi connectivity index (χ1n) is 6.68. The predicted molar refractivity (Wildman–Crippen MR) is 89.9 cm³/mol. The van der Waals surface area contributed by atoms with Crippen LogP contribution < -0.4 is 5.32 Å². The van der Waals surface area contributed by atoms with Crippen molar-refractivity contribution in [2.24, 2.45) is 7.05 Å². The molecule has 5 heteroatoms. The van der Waals surface area contributed by atoms with Crippen molar-refractivity contribution in [1.29, 1.82) is 0 Å². The van der Waals surface area contributed by atoms with Crippen LogP contribution in [0, 0.1) is 6.92 Å². The van der Waals surface area contributed by atoms with Gasteiger partial charge in [-0.25, -0.2) is 0 Å². The van der Waals surface area contributed by atoms with Crippen LogP contribution in [0.4, 0.5) is 0 Å². The molecular weight excluding hydrogens is 382 g/mol. The molecule has 0 fully saturated rings. The topological polar surface area (TPSA) is 29.9 Å². The third kappa shape index (κ3) is 3.93. The molecule has 2 rings (SSSR count). The summed E-state index contributed by atoms with van der Waals surface area (Å²) in [6.45, 7) is 5.10. The van der Waals surface area contributed by atoms with Crippen LogP contribution in [-0.2, 0) is 13.5 Å². The van der Waals surface area contributed by atoms with E-state index in [4.69, 9.17) is 0 Å². The summed E-state index contributed by atoms with van der Waals surface area (Å²) >= 11 is 7.12. The molecule has 0 spiro atoms. The monoisotopic (exact) mass is 399 g/mol. The number of hydrogen-bond donors (Lipinski definition) is 1. The maximum atomic E-state index is 4.42. The maximum absolute atomic E-state index is 4.42. The molecule has 0 aliphatic heterocycles. The Morgan fingerprint density at radius 2 is 1.85 bits per heavy atom. The zero-order chi connectivity index (χ0) is 14.7. The van der Waals surface area contributed by atoms with E-state index in [-0.39, 0.29) is 6.04 Å². The average Bonchev–Trinajstić information content (AvgIpc) is 2.66. The lowest BCUT2D eigenvalue weighted by Crippen LogP contribution is -2.24. The van der Waals surface area contributed by atoms with Crippen LogP contribution in [-0.4, -0.2) is 16.3 Å². The van der Waals surface area contributed by atoms with E-state index in [9.17, 15) is 0 Å². The third-order valence-electron chi connectivity index (χ3n) is 3.25. The molecule has 1 heterocycles. The Balaban J connectivity index is 2.28. The van der Waals surface area contributed by atoms with Gasteiger partial charge < -0.3 is 5.32 Å². The Hall–Kier alpha value is -0.650. The Kier molecular flexibility index (Phi) is 5.41. The predicted octanol–water partition coefficient (Wildman–Crippen LogP) is 4.15. The van der Waals surface area contributed by atoms with E-state index in [0.29, 0.717) is 0 Å². The molecule has 3 nitrogen and oxygen atoms in total. The zero-order valence-electron chi connectivity index (χ0n) is 12.0. The van der Waals surface area contributed by atoms with Gasteiger partial charge in [0.1, 0.15) is 0 Å². The molecule has 0 bridgehead atoms. The SMILES string of the molecule is CCNC(Cc1cc(C)nn1C)c1cc(Br)cc(Br)c1. The largest absolute Gasteiger partial charge is 0.310 e. The second kappa shape index (κ2) is 6.87. The Labute approximate surface area is 137 Å². The van der Waals surface area contributed by atoms with E-state index >= 15 is 0 Å². The molecule has 1 N–H and O–H groups in total. The van der Waals surface area contributed by atoms with Gasteiger partial charge in [0.15, 0.2) is 0 Å². The van der Waals surface area contributed by atoms with Crippen LogP contribution in [0.3, 0.4) is 0 Å². The lowest BCUT2D eigenvalue weighted by Gasteiger charge is -2.19. The molecule has 0 saturated carbocycles. The van der Waals surface area contributed by atoms with Gasteiger partial charge in [-0.05, 0) is 43.3 Å². The average molecular weight is 401 g/mol. The van der Waals surface area contributed by atoms with Crippen molar-refractivity contribution in [2.45, 2.75) is 26.3 Å². The van der Waals surface area contributed by atoms with Crippen molar-refractivity contribution in [1.82, 2.24) is 15.1 Å². The minimum atomic E-state index is 0.281. The lowest BCUT2D eigenvalue weighted by molar-refractivity contribution is 0.528. The Morgan fingerprint density at radius 3 is 2.35 bits per heavy atom. The second-order valence-corrected chi connectivity index (χ2v) is 6.75. The summed E-state index contributed by atoms with van der Waals surface area (Å²) in [5, 5.41) is 7.98. The minimum Gasteiger partial charge on any atom is -0.310 e. The van der Waals surface area contributed by atoms with E-state index in [1.807, 2.05) is 18.7 Å². The number of halogens is 2. The van der Waals surface area contributed by atoms with Gasteiger partial charge in [-0.1, -0.05) is 38.8 Å². The van der Waals surface area contributed by atoms with Crippen LogP contribution in [0.2, 0.25) is 0 Å². The first-order chi connectivity index (χ1) is 9.49. The normalized spacial score (nSPS) is 12.7. The van der Waals surface area contributed by atoms with Crippen molar-refractivity contribution in [3.8, 4) is 0 Å². The van der Waals surface area contributed by atoms with Gasteiger partial charge in [0.2, 0.25) is 0 Å². The van der Waals surface area contributed by atoms with Crippen molar-refractivity contribution < 1.29 is 0 Å². The molecule has 1 aromatic carbocycles. The molecule has 0 radical (unpaired) electrons. The highest BCUT2D eigenvalue weighted by Gasteiger charge is 2.15. The minimum absolute atomic E-state index is 0.281. The van der Waals surface area contributed by atoms with Crippen LogP contribution >= 0.6 is 31.9 Å². The first kappa shape index (κ1) is 15.7. The van der Waals surface area contributed by atoms with E-state index in [2.05, 4.69) is 73.5 Å². The molecule has 1 atom stereocenters. The van der Waals surface area contributed by atoms with Crippen LogP contribution in [0.1, 0.15) is 29.9 Å². The fourth-order valence-electron chi connectivity index (χ4n) is 2.40. The van der Waals surface area contributed by atoms with Gasteiger partial charge in [0.25, 0.3) is 0 Å². The molecule has 20 heavy (non-hydrogen) atoms. The first-order valence-corrected chi connectivity index (χ1v) is 8.27. The number of rotatable bonds is 5. The van der Waals surface area contributed by atoms with Gasteiger partial charge in [-0.3, -0.25) is 4.68 Å². The summed E-state index contributed by atoms with van der Waals surface area (Å²) in [7, 11) is 2.00. The van der Waals surface area contributed by atoms with Crippen LogP contribution in [0.15, 0.2) is 33.2 Å². The molecule has 0 saturated heterocycles. The van der Waals surface area contributed by atoms with Gasteiger partial charge in [0, 0.05) is 34.1 Å². The Morgan fingerprint density at radius 1 is 1.20 bits per heavy atom. The van der Waals surface area contributed by atoms with E-state index in [0.717, 1.165) is 27.6 Å². The van der Waals surface area contributed by atoms with Crippen LogP contribution in [0.25, 0.3) is 0 Å². The van der Waals surface area contributed by atoms with Crippen molar-refractivity contribution in [2.75, 3.05) is 6.54 Å². The highest BCUT2D eigenvalue weighted by molar-refractivity contribution is 9.11. The molecule has 1 unspecified atom stereocenters. The van der Waals surface area contributed by atoms with Gasteiger partial charge in [-0.15, -0.1) is 0 Å². The van der Waals surface area contributed by atoms with Crippen molar-refractivity contribution in [3.63, 3.8) is 0 Å². The number of benzene rings is 1. The quantitative estimate of drug-likeness (QED) is 0.816. The molecular formula is C15H19Br2N3. The standard InChI is InChI=1S/C15H19Br2N3/c1-4-18-15(9-14-5-10(2)19-20(14)3)11-6-12(16)8-13(17)7-11/h5-8,15,18H,4,9H2,1-3H3. The molecule has 0 aliphatic rings. The molecule has 1 aromatic heterocycles.